The van der Waals surface area contributed by atoms with Crippen LogP contribution in [0.25, 0.3) is 33.9 Å². The molecule has 1 heterocycles. The van der Waals surface area contributed by atoms with E-state index in [0.29, 0.717) is 37.9 Å². The summed E-state index contributed by atoms with van der Waals surface area (Å²) in [5.74, 6) is 2.94. The van der Waals surface area contributed by atoms with Gasteiger partial charge in [-0.2, -0.15) is 0 Å². The van der Waals surface area contributed by atoms with Crippen LogP contribution in [0, 0.1) is 0 Å². The average molecular weight is 561 g/mol. The van der Waals surface area contributed by atoms with Crippen molar-refractivity contribution in [1.82, 2.24) is 9.97 Å². The zero-order valence-corrected chi connectivity index (χ0v) is 24.6. The molecule has 214 valence electrons. The van der Waals surface area contributed by atoms with Crippen molar-refractivity contribution in [3.63, 3.8) is 0 Å². The standard InChI is InChI=1S/C36H36N2O4/c1-5-39-26-18-20-28(34(22-26)41-7-3)30(25-14-10-9-11-15-25)24-33-36(38-32-17-13-12-16-31(32)37-33)29-21-19-27(40-6-2)23-35(29)42-8-4/h9-24H,5-8H2,1-4H3/b30-24-. The Bertz CT molecular complexity index is 1680. The lowest BCUT2D eigenvalue weighted by molar-refractivity contribution is 0.322. The van der Waals surface area contributed by atoms with Gasteiger partial charge in [0.05, 0.1) is 43.2 Å². The zero-order valence-electron chi connectivity index (χ0n) is 24.6. The molecule has 0 saturated heterocycles. The fourth-order valence-corrected chi connectivity index (χ4v) is 4.87. The molecule has 0 fully saturated rings. The Balaban J connectivity index is 1.79. The van der Waals surface area contributed by atoms with E-state index < -0.39 is 0 Å². The normalized spacial score (nSPS) is 11.4. The van der Waals surface area contributed by atoms with Crippen molar-refractivity contribution in [3.8, 4) is 34.3 Å². The highest BCUT2D eigenvalue weighted by Gasteiger charge is 2.19. The Morgan fingerprint density at radius 2 is 1.17 bits per heavy atom. The van der Waals surface area contributed by atoms with Crippen molar-refractivity contribution in [2.24, 2.45) is 0 Å². The second kappa shape index (κ2) is 13.7. The molecule has 0 N–H and O–H groups in total. The first-order valence-electron chi connectivity index (χ1n) is 14.5. The Morgan fingerprint density at radius 3 is 1.83 bits per heavy atom. The molecule has 1 aromatic heterocycles. The van der Waals surface area contributed by atoms with Crippen LogP contribution >= 0.6 is 0 Å². The fraction of sp³-hybridized carbons (Fsp3) is 0.222. The SMILES string of the molecule is CCOc1ccc(/C(=C\c2nc3ccccc3nc2-c2ccc(OCC)cc2OCC)c2ccccc2)c(OCC)c1. The smallest absolute Gasteiger partial charge is 0.132 e. The molecule has 0 bridgehead atoms. The van der Waals surface area contributed by atoms with E-state index >= 15 is 0 Å². The van der Waals surface area contributed by atoms with Gasteiger partial charge in [-0.05, 0) is 81.3 Å². The van der Waals surface area contributed by atoms with Gasteiger partial charge in [0, 0.05) is 23.3 Å². The summed E-state index contributed by atoms with van der Waals surface area (Å²) in [6, 6.07) is 30.0. The van der Waals surface area contributed by atoms with Crippen LogP contribution in [0.4, 0.5) is 0 Å². The number of hydrogen-bond acceptors (Lipinski definition) is 6. The van der Waals surface area contributed by atoms with E-state index in [2.05, 4.69) is 18.2 Å². The minimum absolute atomic E-state index is 0.508. The van der Waals surface area contributed by atoms with Gasteiger partial charge in [0.25, 0.3) is 0 Å². The molecule has 0 radical (unpaired) electrons. The first kappa shape index (κ1) is 28.7. The van der Waals surface area contributed by atoms with Crippen LogP contribution in [0.3, 0.4) is 0 Å². The molecule has 5 aromatic rings. The summed E-state index contributed by atoms with van der Waals surface area (Å²) in [7, 11) is 0. The van der Waals surface area contributed by atoms with Gasteiger partial charge >= 0.3 is 0 Å². The molecule has 0 aliphatic carbocycles. The molecule has 0 spiro atoms. The summed E-state index contributed by atoms with van der Waals surface area (Å²) in [6.07, 6.45) is 2.09. The summed E-state index contributed by atoms with van der Waals surface area (Å²) in [5, 5.41) is 0. The van der Waals surface area contributed by atoms with Gasteiger partial charge in [0.1, 0.15) is 28.7 Å². The van der Waals surface area contributed by atoms with Crippen LogP contribution < -0.4 is 18.9 Å². The molecule has 0 saturated carbocycles. The molecule has 0 amide bonds. The third-order valence-corrected chi connectivity index (χ3v) is 6.64. The largest absolute Gasteiger partial charge is 0.494 e. The molecular weight excluding hydrogens is 524 g/mol. The lowest BCUT2D eigenvalue weighted by Crippen LogP contribution is -2.02. The summed E-state index contributed by atoms with van der Waals surface area (Å²) in [4.78, 5) is 10.3. The Morgan fingerprint density at radius 1 is 0.595 bits per heavy atom. The minimum Gasteiger partial charge on any atom is -0.494 e. The van der Waals surface area contributed by atoms with Gasteiger partial charge in [-0.1, -0.05) is 42.5 Å². The highest BCUT2D eigenvalue weighted by atomic mass is 16.5. The molecule has 0 aliphatic rings. The number of hydrogen-bond donors (Lipinski definition) is 0. The monoisotopic (exact) mass is 560 g/mol. The maximum absolute atomic E-state index is 6.15. The van der Waals surface area contributed by atoms with Crippen molar-refractivity contribution in [1.29, 1.82) is 0 Å². The van der Waals surface area contributed by atoms with E-state index in [4.69, 9.17) is 28.9 Å². The van der Waals surface area contributed by atoms with Crippen molar-refractivity contribution in [3.05, 3.63) is 108 Å². The molecule has 42 heavy (non-hydrogen) atoms. The van der Waals surface area contributed by atoms with Crippen LogP contribution in [0.5, 0.6) is 23.0 Å². The van der Waals surface area contributed by atoms with Crippen LogP contribution in [-0.4, -0.2) is 36.4 Å². The van der Waals surface area contributed by atoms with Crippen molar-refractivity contribution in [2.75, 3.05) is 26.4 Å². The minimum atomic E-state index is 0.508. The lowest BCUT2D eigenvalue weighted by Gasteiger charge is -2.17. The summed E-state index contributed by atoms with van der Waals surface area (Å²) < 4.78 is 23.8. The van der Waals surface area contributed by atoms with Gasteiger partial charge in [0.2, 0.25) is 0 Å². The summed E-state index contributed by atoms with van der Waals surface area (Å²) >= 11 is 0. The number of ether oxygens (including phenoxy) is 4. The first-order chi connectivity index (χ1) is 20.6. The van der Waals surface area contributed by atoms with Gasteiger partial charge in [-0.3, -0.25) is 0 Å². The van der Waals surface area contributed by atoms with Crippen molar-refractivity contribution in [2.45, 2.75) is 27.7 Å². The molecule has 5 rings (SSSR count). The van der Waals surface area contributed by atoms with Crippen LogP contribution in [0.1, 0.15) is 44.5 Å². The molecule has 0 aliphatic heterocycles. The average Bonchev–Trinajstić information content (AvgIpc) is 3.01. The molecule has 0 atom stereocenters. The van der Waals surface area contributed by atoms with E-state index in [1.54, 1.807) is 0 Å². The van der Waals surface area contributed by atoms with E-state index in [1.807, 2.05) is 107 Å². The Kier molecular flexibility index (Phi) is 9.34. The van der Waals surface area contributed by atoms with Gasteiger partial charge in [0.15, 0.2) is 0 Å². The third kappa shape index (κ3) is 6.39. The maximum Gasteiger partial charge on any atom is 0.132 e. The zero-order chi connectivity index (χ0) is 29.3. The number of rotatable bonds is 12. The summed E-state index contributed by atoms with van der Waals surface area (Å²) in [5.41, 5.74) is 6.81. The predicted molar refractivity (Wildman–Crippen MR) is 170 cm³/mol. The van der Waals surface area contributed by atoms with E-state index in [0.717, 1.165) is 56.2 Å². The second-order valence-corrected chi connectivity index (χ2v) is 9.42. The first-order valence-corrected chi connectivity index (χ1v) is 14.5. The predicted octanol–water partition coefficient (Wildman–Crippen LogP) is 8.48. The van der Waals surface area contributed by atoms with E-state index in [9.17, 15) is 0 Å². The number of aromatic nitrogens is 2. The molecule has 4 aromatic carbocycles. The Labute approximate surface area is 247 Å². The lowest BCUT2D eigenvalue weighted by atomic mass is 9.94. The number of benzene rings is 4. The molecule has 6 nitrogen and oxygen atoms in total. The van der Waals surface area contributed by atoms with E-state index in [-0.39, 0.29) is 0 Å². The third-order valence-electron chi connectivity index (χ3n) is 6.64. The molecular formula is C36H36N2O4. The fourth-order valence-electron chi connectivity index (χ4n) is 4.87. The van der Waals surface area contributed by atoms with Gasteiger partial charge < -0.3 is 18.9 Å². The van der Waals surface area contributed by atoms with Crippen molar-refractivity contribution >= 4 is 22.7 Å². The number of nitrogens with zero attached hydrogens (tertiary/aromatic N) is 2. The van der Waals surface area contributed by atoms with Crippen LogP contribution in [0.2, 0.25) is 0 Å². The molecule has 0 unspecified atom stereocenters. The quantitative estimate of drug-likeness (QED) is 0.152. The van der Waals surface area contributed by atoms with Gasteiger partial charge in [-0.15, -0.1) is 0 Å². The summed E-state index contributed by atoms with van der Waals surface area (Å²) in [6.45, 7) is 10.1. The molecule has 6 heteroatoms. The van der Waals surface area contributed by atoms with Gasteiger partial charge in [-0.25, -0.2) is 9.97 Å². The van der Waals surface area contributed by atoms with Crippen LogP contribution in [0.15, 0.2) is 91.0 Å². The highest BCUT2D eigenvalue weighted by molar-refractivity contribution is 5.96. The van der Waals surface area contributed by atoms with E-state index in [1.165, 1.54) is 0 Å². The second-order valence-electron chi connectivity index (χ2n) is 9.42. The number of para-hydroxylation sites is 2. The number of fused-ring (bicyclic) bond motifs is 1. The Hall–Kier alpha value is -4.84. The van der Waals surface area contributed by atoms with Crippen LogP contribution in [-0.2, 0) is 0 Å². The maximum atomic E-state index is 6.15. The highest BCUT2D eigenvalue weighted by Crippen LogP contribution is 2.39. The van der Waals surface area contributed by atoms with Crippen molar-refractivity contribution < 1.29 is 18.9 Å². The topological polar surface area (TPSA) is 62.7 Å².